The van der Waals surface area contributed by atoms with Crippen LogP contribution in [0.4, 0.5) is 10.1 Å². The molecule has 1 N–H and O–H groups in total. The Balaban J connectivity index is 0.00000132. The minimum Gasteiger partial charge on any atom is -0.368 e. The number of piperazine rings is 1. The van der Waals surface area contributed by atoms with Crippen molar-refractivity contribution in [1.82, 2.24) is 10.2 Å². The summed E-state index contributed by atoms with van der Waals surface area (Å²) in [4.78, 5) is 16.5. The van der Waals surface area contributed by atoms with Gasteiger partial charge in [-0.25, -0.2) is 4.39 Å². The van der Waals surface area contributed by atoms with Gasteiger partial charge in [-0.2, -0.15) is 0 Å². The second kappa shape index (κ2) is 8.71. The monoisotopic (exact) mass is 363 g/mol. The highest BCUT2D eigenvalue weighted by Gasteiger charge is 2.29. The van der Waals surface area contributed by atoms with E-state index in [9.17, 15) is 9.18 Å². The first-order valence-corrected chi connectivity index (χ1v) is 7.69. The highest BCUT2D eigenvalue weighted by molar-refractivity contribution is 5.85. The highest BCUT2D eigenvalue weighted by Crippen LogP contribution is 2.20. The van der Waals surface area contributed by atoms with Gasteiger partial charge < -0.3 is 15.1 Å². The summed E-state index contributed by atoms with van der Waals surface area (Å²) in [6.45, 7) is 5.01. The Bertz CT molecular complexity index is 503. The van der Waals surface area contributed by atoms with E-state index in [4.69, 9.17) is 0 Å². The van der Waals surface area contributed by atoms with Crippen LogP contribution < -0.4 is 10.2 Å². The molecule has 1 aromatic carbocycles. The lowest BCUT2D eigenvalue weighted by Crippen LogP contribution is -2.53. The molecule has 1 heterocycles. The number of carbonyl (C=O) groups excluding carboxylic acids is 1. The largest absolute Gasteiger partial charge is 0.368 e. The summed E-state index contributed by atoms with van der Waals surface area (Å²) < 4.78 is 12.9. The van der Waals surface area contributed by atoms with E-state index in [1.807, 2.05) is 11.8 Å². The predicted octanol–water partition coefficient (Wildman–Crippen LogP) is 2.46. The van der Waals surface area contributed by atoms with Crippen LogP contribution in [0.25, 0.3) is 0 Å². The maximum Gasteiger partial charge on any atom is 0.239 e. The smallest absolute Gasteiger partial charge is 0.239 e. The van der Waals surface area contributed by atoms with Crippen molar-refractivity contribution in [3.05, 3.63) is 30.1 Å². The van der Waals surface area contributed by atoms with E-state index in [1.54, 1.807) is 12.1 Å². The SMILES string of the molecule is CC(NC1CC1)C(=O)N1CCN(c2ccc(F)cc2)CC1.Cl.Cl. The molecule has 1 saturated heterocycles. The zero-order valence-corrected chi connectivity index (χ0v) is 14.8. The third-order valence-electron chi connectivity index (χ3n) is 4.22. The van der Waals surface area contributed by atoms with Crippen LogP contribution in [0, 0.1) is 5.82 Å². The van der Waals surface area contributed by atoms with Crippen molar-refractivity contribution in [2.75, 3.05) is 31.1 Å². The van der Waals surface area contributed by atoms with Crippen LogP contribution in [0.5, 0.6) is 0 Å². The van der Waals surface area contributed by atoms with Crippen LogP contribution >= 0.6 is 24.8 Å². The Kier molecular flexibility index (Phi) is 7.58. The fourth-order valence-corrected chi connectivity index (χ4v) is 2.79. The van der Waals surface area contributed by atoms with Gasteiger partial charge in [0.15, 0.2) is 0 Å². The maximum absolute atomic E-state index is 12.9. The van der Waals surface area contributed by atoms with Gasteiger partial charge in [-0.1, -0.05) is 0 Å². The number of rotatable bonds is 4. The molecule has 2 fully saturated rings. The molecule has 1 atom stereocenters. The molecule has 1 aliphatic heterocycles. The number of carbonyl (C=O) groups is 1. The van der Waals surface area contributed by atoms with Crippen molar-refractivity contribution in [3.63, 3.8) is 0 Å². The minimum absolute atomic E-state index is 0. The highest BCUT2D eigenvalue weighted by atomic mass is 35.5. The molecule has 0 aromatic heterocycles. The third-order valence-corrected chi connectivity index (χ3v) is 4.22. The van der Waals surface area contributed by atoms with Crippen molar-refractivity contribution in [3.8, 4) is 0 Å². The molecule has 1 amide bonds. The first kappa shape index (κ1) is 20.0. The van der Waals surface area contributed by atoms with Crippen molar-refractivity contribution in [2.45, 2.75) is 31.8 Å². The van der Waals surface area contributed by atoms with Crippen molar-refractivity contribution in [2.24, 2.45) is 0 Å². The number of amides is 1. The van der Waals surface area contributed by atoms with Crippen molar-refractivity contribution in [1.29, 1.82) is 0 Å². The van der Waals surface area contributed by atoms with Crippen LogP contribution in [0.2, 0.25) is 0 Å². The van der Waals surface area contributed by atoms with E-state index in [1.165, 1.54) is 25.0 Å². The predicted molar refractivity (Wildman–Crippen MR) is 95.3 cm³/mol. The summed E-state index contributed by atoms with van der Waals surface area (Å²) in [5.41, 5.74) is 1.02. The Morgan fingerprint density at radius 3 is 2.22 bits per heavy atom. The van der Waals surface area contributed by atoms with E-state index in [0.29, 0.717) is 6.04 Å². The summed E-state index contributed by atoms with van der Waals surface area (Å²) in [6, 6.07) is 7.01. The number of hydrogen-bond donors (Lipinski definition) is 1. The summed E-state index contributed by atoms with van der Waals surface area (Å²) in [7, 11) is 0. The fourth-order valence-electron chi connectivity index (χ4n) is 2.79. The molecule has 2 aliphatic rings. The van der Waals surface area contributed by atoms with Gasteiger partial charge in [0.05, 0.1) is 6.04 Å². The Hall–Kier alpha value is -1.04. The molecule has 7 heteroatoms. The molecule has 23 heavy (non-hydrogen) atoms. The van der Waals surface area contributed by atoms with E-state index < -0.39 is 0 Å². The van der Waals surface area contributed by atoms with Crippen LogP contribution in [0.15, 0.2) is 24.3 Å². The number of nitrogens with one attached hydrogen (secondary N) is 1. The standard InChI is InChI=1S/C16H22FN3O.2ClH/c1-12(18-14-4-5-14)16(21)20-10-8-19(9-11-20)15-6-2-13(17)3-7-15;;/h2-3,6-7,12,14,18H,4-5,8-11H2,1H3;2*1H. The molecule has 3 rings (SSSR count). The van der Waals surface area contributed by atoms with Crippen LogP contribution in [-0.2, 0) is 4.79 Å². The lowest BCUT2D eigenvalue weighted by molar-refractivity contribution is -0.133. The molecule has 0 bridgehead atoms. The van der Waals surface area contributed by atoms with Crippen LogP contribution in [0.1, 0.15) is 19.8 Å². The van der Waals surface area contributed by atoms with Crippen molar-refractivity contribution >= 4 is 36.4 Å². The van der Waals surface area contributed by atoms with E-state index >= 15 is 0 Å². The van der Waals surface area contributed by atoms with Gasteiger partial charge >= 0.3 is 0 Å². The molecule has 1 unspecified atom stereocenters. The first-order valence-electron chi connectivity index (χ1n) is 7.69. The third kappa shape index (κ3) is 5.23. The normalized spacial score (nSPS) is 18.7. The molecule has 130 valence electrons. The second-order valence-corrected chi connectivity index (χ2v) is 5.95. The average Bonchev–Trinajstić information content (AvgIpc) is 3.31. The van der Waals surface area contributed by atoms with Crippen LogP contribution in [0.3, 0.4) is 0 Å². The molecule has 4 nitrogen and oxygen atoms in total. The van der Waals surface area contributed by atoms with Gasteiger partial charge in [-0.05, 0) is 44.0 Å². The lowest BCUT2D eigenvalue weighted by atomic mass is 10.2. The number of hydrogen-bond acceptors (Lipinski definition) is 3. The van der Waals surface area contributed by atoms with Gasteiger partial charge in [0, 0.05) is 37.9 Å². The van der Waals surface area contributed by atoms with Crippen molar-refractivity contribution < 1.29 is 9.18 Å². The first-order chi connectivity index (χ1) is 10.1. The lowest BCUT2D eigenvalue weighted by Gasteiger charge is -2.37. The number of halogens is 3. The molecule has 0 spiro atoms. The summed E-state index contributed by atoms with van der Waals surface area (Å²) in [5, 5.41) is 3.35. The molecular formula is C16H24Cl2FN3O. The molecule has 1 aliphatic carbocycles. The number of nitrogens with zero attached hydrogens (tertiary/aromatic N) is 2. The van der Waals surface area contributed by atoms with Gasteiger partial charge in [0.2, 0.25) is 5.91 Å². The second-order valence-electron chi connectivity index (χ2n) is 5.95. The molecule has 1 aromatic rings. The van der Waals surface area contributed by atoms with Gasteiger partial charge in [-0.15, -0.1) is 24.8 Å². The maximum atomic E-state index is 12.9. The number of benzene rings is 1. The van der Waals surface area contributed by atoms with Crippen LogP contribution in [-0.4, -0.2) is 49.1 Å². The Labute approximate surface area is 149 Å². The zero-order valence-electron chi connectivity index (χ0n) is 13.2. The average molecular weight is 364 g/mol. The van der Waals surface area contributed by atoms with Gasteiger partial charge in [0.25, 0.3) is 0 Å². The molecule has 0 radical (unpaired) electrons. The Morgan fingerprint density at radius 2 is 1.70 bits per heavy atom. The van der Waals surface area contributed by atoms with E-state index in [2.05, 4.69) is 10.2 Å². The number of anilines is 1. The summed E-state index contributed by atoms with van der Waals surface area (Å²) in [5.74, 6) is -0.0202. The van der Waals surface area contributed by atoms with E-state index in [-0.39, 0.29) is 42.6 Å². The van der Waals surface area contributed by atoms with E-state index in [0.717, 1.165) is 31.9 Å². The zero-order chi connectivity index (χ0) is 14.8. The summed E-state index contributed by atoms with van der Waals surface area (Å²) in [6.07, 6.45) is 2.38. The summed E-state index contributed by atoms with van der Waals surface area (Å²) >= 11 is 0. The van der Waals surface area contributed by atoms with Gasteiger partial charge in [0.1, 0.15) is 5.82 Å². The molecule has 1 saturated carbocycles. The fraction of sp³-hybridized carbons (Fsp3) is 0.562. The Morgan fingerprint density at radius 1 is 1.13 bits per heavy atom. The minimum atomic E-state index is -0.215. The molecular weight excluding hydrogens is 340 g/mol. The van der Waals surface area contributed by atoms with Gasteiger partial charge in [-0.3, -0.25) is 4.79 Å². The quantitative estimate of drug-likeness (QED) is 0.892. The topological polar surface area (TPSA) is 35.6 Å².